The lowest BCUT2D eigenvalue weighted by molar-refractivity contribution is 0.401. The Balaban J connectivity index is 2.31. The van der Waals surface area contributed by atoms with E-state index in [-0.39, 0.29) is 5.95 Å². The summed E-state index contributed by atoms with van der Waals surface area (Å²) in [6.45, 7) is 0. The number of methoxy groups -OCH3 is 1. The van der Waals surface area contributed by atoms with Crippen molar-refractivity contribution >= 4 is 33.0 Å². The fourth-order valence-electron chi connectivity index (χ4n) is 2.03. The maximum atomic E-state index is 8.93. The first-order chi connectivity index (χ1) is 10.2. The lowest BCUT2D eigenvalue weighted by Gasteiger charge is -2.08. The molecule has 0 unspecified atom stereocenters. The fraction of sp³-hybridized carbons (Fsp3) is 0.0769. The number of hydrogen-bond donors (Lipinski definition) is 1. The van der Waals surface area contributed by atoms with Gasteiger partial charge in [0.25, 0.3) is 0 Å². The summed E-state index contributed by atoms with van der Waals surface area (Å²) in [6.07, 6.45) is 1.39. The Hall–Kier alpha value is -2.66. The smallest absolute Gasteiger partial charge is 0.245 e. The van der Waals surface area contributed by atoms with Crippen LogP contribution in [0, 0.1) is 11.3 Å². The van der Waals surface area contributed by atoms with Gasteiger partial charge in [-0.05, 0) is 34.1 Å². The highest BCUT2D eigenvalue weighted by Crippen LogP contribution is 2.30. The van der Waals surface area contributed by atoms with E-state index in [1.54, 1.807) is 22.8 Å². The molecule has 0 amide bonds. The SMILES string of the molecule is COc1ncnc2c1nc(N)n2-c1ccc(C#N)cc1Br. The van der Waals surface area contributed by atoms with E-state index in [1.807, 2.05) is 0 Å². The van der Waals surface area contributed by atoms with E-state index in [4.69, 9.17) is 15.7 Å². The van der Waals surface area contributed by atoms with Gasteiger partial charge in [-0.2, -0.15) is 10.2 Å². The minimum atomic E-state index is 0.259. The summed E-state index contributed by atoms with van der Waals surface area (Å²) < 4.78 is 7.55. The molecule has 2 aromatic heterocycles. The molecule has 0 saturated heterocycles. The molecule has 2 heterocycles. The van der Waals surface area contributed by atoms with Crippen molar-refractivity contribution in [1.29, 1.82) is 5.26 Å². The van der Waals surface area contributed by atoms with Crippen LogP contribution in [0.2, 0.25) is 0 Å². The lowest BCUT2D eigenvalue weighted by Crippen LogP contribution is -2.02. The molecular weight excluding hydrogens is 336 g/mol. The number of fused-ring (bicyclic) bond motifs is 1. The van der Waals surface area contributed by atoms with Crippen LogP contribution in [0.1, 0.15) is 5.56 Å². The molecule has 0 spiro atoms. The van der Waals surface area contributed by atoms with Crippen LogP contribution in [-0.2, 0) is 0 Å². The van der Waals surface area contributed by atoms with E-state index in [0.717, 1.165) is 5.69 Å². The highest BCUT2D eigenvalue weighted by atomic mass is 79.9. The zero-order chi connectivity index (χ0) is 15.0. The van der Waals surface area contributed by atoms with Gasteiger partial charge in [0.05, 0.1) is 24.4 Å². The van der Waals surface area contributed by atoms with Gasteiger partial charge < -0.3 is 10.5 Å². The number of hydrogen-bond acceptors (Lipinski definition) is 6. The summed E-state index contributed by atoms with van der Waals surface area (Å²) in [5.41, 5.74) is 8.28. The maximum absolute atomic E-state index is 8.93. The van der Waals surface area contributed by atoms with Crippen molar-refractivity contribution in [3.63, 3.8) is 0 Å². The molecule has 3 aromatic rings. The monoisotopic (exact) mass is 344 g/mol. The van der Waals surface area contributed by atoms with Crippen LogP contribution in [-0.4, -0.2) is 26.6 Å². The zero-order valence-electron chi connectivity index (χ0n) is 10.9. The number of imidazole rings is 1. The van der Waals surface area contributed by atoms with Crippen LogP contribution in [0.4, 0.5) is 5.95 Å². The first kappa shape index (κ1) is 13.3. The fourth-order valence-corrected chi connectivity index (χ4v) is 2.59. The average Bonchev–Trinajstić information content (AvgIpc) is 2.83. The Kier molecular flexibility index (Phi) is 3.19. The second-order valence-corrected chi connectivity index (χ2v) is 4.99. The molecule has 8 heteroatoms. The largest absolute Gasteiger partial charge is 0.479 e. The van der Waals surface area contributed by atoms with Gasteiger partial charge in [0.15, 0.2) is 11.2 Å². The van der Waals surface area contributed by atoms with Crippen LogP contribution in [0.3, 0.4) is 0 Å². The Morgan fingerprint density at radius 2 is 2.19 bits per heavy atom. The Morgan fingerprint density at radius 1 is 1.38 bits per heavy atom. The molecule has 1 aromatic carbocycles. The van der Waals surface area contributed by atoms with E-state index < -0.39 is 0 Å². The number of ether oxygens (including phenoxy) is 1. The number of anilines is 1. The third-order valence-electron chi connectivity index (χ3n) is 2.95. The van der Waals surface area contributed by atoms with Crippen LogP contribution in [0.25, 0.3) is 16.9 Å². The minimum absolute atomic E-state index is 0.259. The topological polar surface area (TPSA) is 103 Å². The first-order valence-corrected chi connectivity index (χ1v) is 6.68. The van der Waals surface area contributed by atoms with Gasteiger partial charge in [-0.1, -0.05) is 0 Å². The van der Waals surface area contributed by atoms with E-state index in [2.05, 4.69) is 37.0 Å². The van der Waals surface area contributed by atoms with Gasteiger partial charge in [-0.15, -0.1) is 0 Å². The van der Waals surface area contributed by atoms with Gasteiger partial charge in [0.2, 0.25) is 11.8 Å². The summed E-state index contributed by atoms with van der Waals surface area (Å²) in [6, 6.07) is 7.26. The van der Waals surface area contributed by atoms with Crippen molar-refractivity contribution in [2.75, 3.05) is 12.8 Å². The number of halogens is 1. The number of nitrogens with zero attached hydrogens (tertiary/aromatic N) is 5. The zero-order valence-corrected chi connectivity index (χ0v) is 12.5. The number of nitriles is 1. The minimum Gasteiger partial charge on any atom is -0.479 e. The molecule has 0 aliphatic carbocycles. The summed E-state index contributed by atoms with van der Waals surface area (Å²) in [5.74, 6) is 0.615. The van der Waals surface area contributed by atoms with E-state index in [0.29, 0.717) is 27.1 Å². The number of rotatable bonds is 2. The van der Waals surface area contributed by atoms with Crippen molar-refractivity contribution in [2.45, 2.75) is 0 Å². The molecule has 21 heavy (non-hydrogen) atoms. The molecule has 7 nitrogen and oxygen atoms in total. The third kappa shape index (κ3) is 2.08. The molecule has 0 fully saturated rings. The van der Waals surface area contributed by atoms with Crippen LogP contribution >= 0.6 is 15.9 Å². The standard InChI is InChI=1S/C13H9BrN6O/c1-21-12-10-11(17-6-18-12)20(13(16)19-10)9-3-2-7(5-15)4-8(9)14/h2-4,6H,1H3,(H2,16,19). The number of benzene rings is 1. The first-order valence-electron chi connectivity index (χ1n) is 5.88. The quantitative estimate of drug-likeness (QED) is 0.762. The van der Waals surface area contributed by atoms with Gasteiger partial charge >= 0.3 is 0 Å². The Morgan fingerprint density at radius 3 is 2.86 bits per heavy atom. The highest BCUT2D eigenvalue weighted by molar-refractivity contribution is 9.10. The lowest BCUT2D eigenvalue weighted by atomic mass is 10.2. The maximum Gasteiger partial charge on any atom is 0.245 e. The molecule has 2 N–H and O–H groups in total. The molecule has 0 saturated carbocycles. The predicted octanol–water partition coefficient (Wildman–Crippen LogP) is 2.04. The van der Waals surface area contributed by atoms with E-state index in [9.17, 15) is 0 Å². The van der Waals surface area contributed by atoms with Gasteiger partial charge in [-0.25, -0.2) is 9.97 Å². The molecule has 3 rings (SSSR count). The van der Waals surface area contributed by atoms with Gasteiger partial charge in [0.1, 0.15) is 6.33 Å². The van der Waals surface area contributed by atoms with Crippen molar-refractivity contribution < 1.29 is 4.74 Å². The predicted molar refractivity (Wildman–Crippen MR) is 80.0 cm³/mol. The molecule has 0 aliphatic rings. The Bertz CT molecular complexity index is 882. The molecule has 104 valence electrons. The van der Waals surface area contributed by atoms with Crippen molar-refractivity contribution in [2.24, 2.45) is 0 Å². The van der Waals surface area contributed by atoms with Gasteiger partial charge in [-0.3, -0.25) is 4.57 Å². The summed E-state index contributed by atoms with van der Waals surface area (Å²) in [4.78, 5) is 12.5. The van der Waals surface area contributed by atoms with Crippen molar-refractivity contribution in [3.05, 3.63) is 34.6 Å². The summed E-state index contributed by atoms with van der Waals surface area (Å²) >= 11 is 3.43. The third-order valence-corrected chi connectivity index (χ3v) is 3.58. The normalized spacial score (nSPS) is 10.5. The van der Waals surface area contributed by atoms with Crippen LogP contribution in [0.15, 0.2) is 29.0 Å². The average molecular weight is 345 g/mol. The summed E-state index contributed by atoms with van der Waals surface area (Å²) in [7, 11) is 1.51. The van der Waals surface area contributed by atoms with E-state index in [1.165, 1.54) is 13.4 Å². The molecule has 0 bridgehead atoms. The second-order valence-electron chi connectivity index (χ2n) is 4.14. The highest BCUT2D eigenvalue weighted by Gasteiger charge is 2.17. The van der Waals surface area contributed by atoms with E-state index >= 15 is 0 Å². The van der Waals surface area contributed by atoms with Crippen molar-refractivity contribution in [1.82, 2.24) is 19.5 Å². The number of nitrogens with two attached hydrogens (primary N) is 1. The van der Waals surface area contributed by atoms with Crippen LogP contribution in [0.5, 0.6) is 5.88 Å². The molecular formula is C13H9BrN6O. The Labute approximate surface area is 128 Å². The molecule has 0 radical (unpaired) electrons. The van der Waals surface area contributed by atoms with Crippen LogP contribution < -0.4 is 10.5 Å². The molecule has 0 aliphatic heterocycles. The van der Waals surface area contributed by atoms with Crippen molar-refractivity contribution in [3.8, 4) is 17.6 Å². The second kappa shape index (κ2) is 5.03. The van der Waals surface area contributed by atoms with Gasteiger partial charge in [0, 0.05) is 4.47 Å². The summed E-state index contributed by atoms with van der Waals surface area (Å²) in [5, 5.41) is 8.93. The number of nitrogen functional groups attached to an aromatic ring is 1. The molecule has 0 atom stereocenters. The number of aromatic nitrogens is 4.